The number of carbonyl (C=O) groups excluding carboxylic acids is 1. The summed E-state index contributed by atoms with van der Waals surface area (Å²) in [5.74, 6) is 1.58. The largest absolute Gasteiger partial charge is 0.381 e. The molecule has 2 fully saturated rings. The van der Waals surface area contributed by atoms with Gasteiger partial charge in [-0.25, -0.2) is 14.6 Å². The van der Waals surface area contributed by atoms with Gasteiger partial charge in [0, 0.05) is 77.7 Å². The highest BCUT2D eigenvalue weighted by Gasteiger charge is 2.26. The van der Waals surface area contributed by atoms with Crippen LogP contribution in [0.15, 0.2) is 30.7 Å². The van der Waals surface area contributed by atoms with Crippen LogP contribution < -0.4 is 5.73 Å². The summed E-state index contributed by atoms with van der Waals surface area (Å²) in [4.78, 5) is 31.6. The molecule has 0 bridgehead atoms. The van der Waals surface area contributed by atoms with E-state index in [-0.39, 0.29) is 11.7 Å². The average Bonchev–Trinajstić information content (AvgIpc) is 3.63. The normalized spacial score (nSPS) is 18.6. The van der Waals surface area contributed by atoms with Crippen molar-refractivity contribution in [3.05, 3.63) is 53.0 Å². The minimum absolute atomic E-state index is 0.0595. The van der Waals surface area contributed by atoms with Gasteiger partial charge in [0.1, 0.15) is 0 Å². The van der Waals surface area contributed by atoms with Crippen LogP contribution in [0.3, 0.4) is 0 Å². The van der Waals surface area contributed by atoms with Crippen LogP contribution in [0, 0.1) is 12.8 Å². The molecule has 10 nitrogen and oxygen atoms in total. The number of fused-ring (bicyclic) bond motifs is 1. The van der Waals surface area contributed by atoms with E-state index in [1.165, 1.54) is 36.1 Å². The number of anilines is 1. The molecule has 40 heavy (non-hydrogen) atoms. The maximum Gasteiger partial charge on any atom is 0.256 e. The molecule has 0 radical (unpaired) electrons. The lowest BCUT2D eigenvalue weighted by atomic mass is 9.92. The third-order valence-electron chi connectivity index (χ3n) is 8.65. The minimum atomic E-state index is -0.0595. The Balaban J connectivity index is 1.11. The molecule has 1 aromatic carbocycles. The third-order valence-corrected chi connectivity index (χ3v) is 8.65. The molecule has 1 saturated heterocycles. The lowest BCUT2D eigenvalue weighted by Gasteiger charge is -2.35. The zero-order valence-corrected chi connectivity index (χ0v) is 24.0. The molecule has 1 amide bonds. The Morgan fingerprint density at radius 2 is 1.88 bits per heavy atom. The fraction of sp³-hybridized carbons (Fsp3) is 0.533. The number of amides is 1. The highest BCUT2D eigenvalue weighted by molar-refractivity contribution is 5.93. The maximum atomic E-state index is 13.2. The molecule has 3 aromatic rings. The Kier molecular flexibility index (Phi) is 7.57. The van der Waals surface area contributed by atoms with E-state index in [0.29, 0.717) is 17.9 Å². The molecule has 4 heterocycles. The molecule has 1 saturated carbocycles. The molecule has 2 aliphatic heterocycles. The van der Waals surface area contributed by atoms with Gasteiger partial charge in [0.15, 0.2) is 11.6 Å². The molecule has 0 spiro atoms. The number of rotatable bonds is 8. The first kappa shape index (κ1) is 26.9. The highest BCUT2D eigenvalue weighted by atomic mass is 16.2. The Morgan fingerprint density at radius 3 is 2.65 bits per heavy atom. The van der Waals surface area contributed by atoms with Gasteiger partial charge in [-0.2, -0.15) is 5.10 Å². The quantitative estimate of drug-likeness (QED) is 0.462. The molecule has 212 valence electrons. The number of nitrogens with two attached hydrogens (primary N) is 1. The second-order valence-electron chi connectivity index (χ2n) is 11.9. The van der Waals surface area contributed by atoms with Crippen LogP contribution in [-0.2, 0) is 13.0 Å². The number of aryl methyl sites for hydroxylation is 1. The fourth-order valence-electron chi connectivity index (χ4n) is 5.93. The van der Waals surface area contributed by atoms with Crippen LogP contribution in [0.2, 0.25) is 0 Å². The van der Waals surface area contributed by atoms with Crippen LogP contribution in [0.1, 0.15) is 39.9 Å². The monoisotopic (exact) mass is 543 g/mol. The van der Waals surface area contributed by atoms with Gasteiger partial charge >= 0.3 is 0 Å². The summed E-state index contributed by atoms with van der Waals surface area (Å²) in [6.45, 7) is 11.4. The summed E-state index contributed by atoms with van der Waals surface area (Å²) in [6.07, 6.45) is 8.87. The van der Waals surface area contributed by atoms with Crippen LogP contribution in [0.4, 0.5) is 5.82 Å². The Morgan fingerprint density at radius 1 is 1.10 bits per heavy atom. The van der Waals surface area contributed by atoms with Crippen LogP contribution in [-0.4, -0.2) is 112 Å². The smallest absolute Gasteiger partial charge is 0.256 e. The third kappa shape index (κ3) is 5.89. The second kappa shape index (κ2) is 11.3. The van der Waals surface area contributed by atoms with E-state index in [0.717, 1.165) is 69.4 Å². The van der Waals surface area contributed by atoms with E-state index in [1.54, 1.807) is 28.2 Å². The van der Waals surface area contributed by atoms with Crippen molar-refractivity contribution in [1.29, 1.82) is 0 Å². The van der Waals surface area contributed by atoms with Gasteiger partial charge in [-0.15, -0.1) is 0 Å². The summed E-state index contributed by atoms with van der Waals surface area (Å²) in [5.41, 5.74) is 12.5. The van der Waals surface area contributed by atoms with Gasteiger partial charge in [-0.05, 0) is 68.0 Å². The van der Waals surface area contributed by atoms with Crippen molar-refractivity contribution in [3.63, 3.8) is 0 Å². The zero-order valence-electron chi connectivity index (χ0n) is 24.0. The summed E-state index contributed by atoms with van der Waals surface area (Å²) >= 11 is 0. The van der Waals surface area contributed by atoms with Gasteiger partial charge in [-0.1, -0.05) is 0 Å². The van der Waals surface area contributed by atoms with E-state index in [4.69, 9.17) is 10.7 Å². The van der Waals surface area contributed by atoms with Crippen molar-refractivity contribution >= 4 is 11.7 Å². The van der Waals surface area contributed by atoms with Gasteiger partial charge in [0.2, 0.25) is 0 Å². The number of carbonyl (C=O) groups is 1. The molecule has 0 atom stereocenters. The first-order chi connectivity index (χ1) is 19.3. The zero-order chi connectivity index (χ0) is 27.8. The molecular formula is C30H41N9O. The second-order valence-corrected chi connectivity index (χ2v) is 11.9. The Bertz CT molecular complexity index is 1370. The molecule has 6 rings (SSSR count). The number of nitrogen functional groups attached to an aromatic ring is 1. The average molecular weight is 544 g/mol. The summed E-state index contributed by atoms with van der Waals surface area (Å²) in [6, 6.07) is 4.39. The van der Waals surface area contributed by atoms with E-state index in [2.05, 4.69) is 50.9 Å². The Hall–Kier alpha value is -3.34. The van der Waals surface area contributed by atoms with Crippen molar-refractivity contribution in [3.8, 4) is 17.1 Å². The topological polar surface area (TPSA) is 99.6 Å². The summed E-state index contributed by atoms with van der Waals surface area (Å²) in [5, 5.41) is 4.43. The molecule has 10 heteroatoms. The number of nitrogens with zero attached hydrogens (tertiary/aromatic N) is 8. The van der Waals surface area contributed by atoms with Crippen LogP contribution in [0.25, 0.3) is 17.1 Å². The number of hydrogen-bond donors (Lipinski definition) is 1. The van der Waals surface area contributed by atoms with E-state index < -0.39 is 0 Å². The fourth-order valence-corrected chi connectivity index (χ4v) is 5.93. The van der Waals surface area contributed by atoms with Gasteiger partial charge in [-0.3, -0.25) is 9.69 Å². The number of aromatic nitrogens is 4. The number of piperazine rings is 1. The number of hydrogen-bond acceptors (Lipinski definition) is 8. The van der Waals surface area contributed by atoms with E-state index >= 15 is 0 Å². The number of likely N-dealkylation sites (N-methyl/N-ethyl adjacent to an activating group) is 2. The van der Waals surface area contributed by atoms with Crippen molar-refractivity contribution in [2.45, 2.75) is 32.7 Å². The first-order valence-electron chi connectivity index (χ1n) is 14.5. The summed E-state index contributed by atoms with van der Waals surface area (Å²) < 4.78 is 1.56. The maximum absolute atomic E-state index is 13.2. The SMILES string of the molecule is Cc1cc(-c2cnc(N)c(-n3cc(C(=O)N(C)CCN4CCN(CC5CC5)CC4)cn3)n2)cc2c1CCN(C)C2. The summed E-state index contributed by atoms with van der Waals surface area (Å²) in [7, 11) is 4.00. The molecule has 0 unspecified atom stereocenters. The standard InChI is InChI=1S/C30H41N9O/c1-21-14-23(15-24-19-35(2)7-6-26(21)24)27-17-32-28(31)29(34-27)39-20-25(16-33-39)30(40)36(3)8-9-37-10-12-38(13-11-37)18-22-4-5-22/h14-17,20,22H,4-13,18-19H2,1-3H3,(H2,31,32). The van der Waals surface area contributed by atoms with Crippen LogP contribution >= 0.6 is 0 Å². The molecule has 2 aromatic heterocycles. The van der Waals surface area contributed by atoms with E-state index in [1.807, 2.05) is 7.05 Å². The van der Waals surface area contributed by atoms with Crippen molar-refractivity contribution in [2.75, 3.05) is 72.2 Å². The lowest BCUT2D eigenvalue weighted by molar-refractivity contribution is 0.0749. The molecular weight excluding hydrogens is 502 g/mol. The van der Waals surface area contributed by atoms with Gasteiger partial charge in [0.25, 0.3) is 5.91 Å². The molecule has 3 aliphatic rings. The molecule has 2 N–H and O–H groups in total. The predicted molar refractivity (Wildman–Crippen MR) is 156 cm³/mol. The first-order valence-corrected chi connectivity index (χ1v) is 14.5. The van der Waals surface area contributed by atoms with Gasteiger partial charge < -0.3 is 20.4 Å². The van der Waals surface area contributed by atoms with Crippen LogP contribution in [0.5, 0.6) is 0 Å². The lowest BCUT2D eigenvalue weighted by Crippen LogP contribution is -2.49. The Labute approximate surface area is 236 Å². The van der Waals surface area contributed by atoms with Crippen molar-refractivity contribution < 1.29 is 4.79 Å². The minimum Gasteiger partial charge on any atom is -0.381 e. The molecule has 1 aliphatic carbocycles. The predicted octanol–water partition coefficient (Wildman–Crippen LogP) is 2.31. The van der Waals surface area contributed by atoms with Gasteiger partial charge in [0.05, 0.1) is 23.7 Å². The van der Waals surface area contributed by atoms with Crippen molar-refractivity contribution in [1.82, 2.24) is 39.3 Å². The number of benzene rings is 1. The van der Waals surface area contributed by atoms with E-state index in [9.17, 15) is 4.79 Å². The highest BCUT2D eigenvalue weighted by Crippen LogP contribution is 2.30. The van der Waals surface area contributed by atoms with Crippen molar-refractivity contribution in [2.24, 2.45) is 5.92 Å².